The second-order valence-corrected chi connectivity index (χ2v) is 4.62. The van der Waals surface area contributed by atoms with Crippen molar-refractivity contribution in [1.82, 2.24) is 5.32 Å². The van der Waals surface area contributed by atoms with E-state index in [1.807, 2.05) is 20.8 Å². The molecule has 1 atom stereocenters. The van der Waals surface area contributed by atoms with E-state index in [0.29, 0.717) is 6.42 Å². The highest BCUT2D eigenvalue weighted by atomic mass is 16.5. The largest absolute Gasteiger partial charge is 0.466 e. The molecule has 0 saturated carbocycles. The Morgan fingerprint density at radius 2 is 2.20 bits per heavy atom. The molecule has 1 saturated heterocycles. The molecule has 4 nitrogen and oxygen atoms in total. The molecule has 1 heterocycles. The molecule has 1 fully saturated rings. The van der Waals surface area contributed by atoms with Gasteiger partial charge in [-0.3, -0.25) is 0 Å². The number of nitrogens with one attached hydrogen (secondary N) is 1. The van der Waals surface area contributed by atoms with E-state index >= 15 is 0 Å². The maximum Gasteiger partial charge on any atom is 0.332 e. The normalized spacial score (nSPS) is 30.7. The molecular weight excluding hydrogens is 192 g/mol. The van der Waals surface area contributed by atoms with Crippen molar-refractivity contribution in [2.24, 2.45) is 5.41 Å². The molecule has 0 radical (unpaired) electrons. The van der Waals surface area contributed by atoms with Gasteiger partial charge in [0.2, 0.25) is 0 Å². The zero-order valence-electron chi connectivity index (χ0n) is 9.55. The molecule has 15 heavy (non-hydrogen) atoms. The first-order valence-electron chi connectivity index (χ1n) is 4.82. The van der Waals surface area contributed by atoms with Crippen LogP contribution in [-0.2, 0) is 9.53 Å². The molecule has 0 amide bonds. The fraction of sp³-hybridized carbons (Fsp3) is 0.636. The van der Waals surface area contributed by atoms with Gasteiger partial charge >= 0.3 is 5.97 Å². The van der Waals surface area contributed by atoms with Crippen LogP contribution < -0.4 is 5.32 Å². The molecule has 0 aromatic carbocycles. The third kappa shape index (κ3) is 1.96. The quantitative estimate of drug-likeness (QED) is 0.522. The van der Waals surface area contributed by atoms with Crippen LogP contribution in [0.25, 0.3) is 0 Å². The predicted octanol–water partition coefficient (Wildman–Crippen LogP) is 1.35. The number of nitriles is 1. The van der Waals surface area contributed by atoms with Crippen LogP contribution in [0.5, 0.6) is 0 Å². The van der Waals surface area contributed by atoms with E-state index in [2.05, 4.69) is 16.1 Å². The molecule has 1 rings (SSSR count). The molecule has 0 aliphatic carbocycles. The number of carbonyl (C=O) groups is 1. The third-order valence-electron chi connectivity index (χ3n) is 3.11. The Balaban J connectivity index is 2.94. The van der Waals surface area contributed by atoms with E-state index in [9.17, 15) is 4.79 Å². The molecule has 1 N–H and O–H groups in total. The van der Waals surface area contributed by atoms with Gasteiger partial charge in [0.1, 0.15) is 5.54 Å². The van der Waals surface area contributed by atoms with Crippen molar-refractivity contribution in [3.63, 3.8) is 0 Å². The van der Waals surface area contributed by atoms with Gasteiger partial charge in [-0.05, 0) is 13.3 Å². The maximum atomic E-state index is 11.1. The van der Waals surface area contributed by atoms with Crippen LogP contribution in [0, 0.1) is 16.7 Å². The molecule has 0 aromatic rings. The summed E-state index contributed by atoms with van der Waals surface area (Å²) in [6.07, 6.45) is 2.08. The molecular formula is C11H16N2O2. The van der Waals surface area contributed by atoms with Crippen LogP contribution in [0.2, 0.25) is 0 Å². The van der Waals surface area contributed by atoms with Gasteiger partial charge in [0, 0.05) is 17.2 Å². The topological polar surface area (TPSA) is 62.1 Å². The van der Waals surface area contributed by atoms with Gasteiger partial charge in [-0.15, -0.1) is 0 Å². The average molecular weight is 208 g/mol. The van der Waals surface area contributed by atoms with Crippen molar-refractivity contribution >= 4 is 5.97 Å². The highest BCUT2D eigenvalue weighted by Crippen LogP contribution is 2.42. The van der Waals surface area contributed by atoms with Gasteiger partial charge in [-0.25, -0.2) is 4.79 Å². The van der Waals surface area contributed by atoms with Crippen molar-refractivity contribution in [2.45, 2.75) is 32.7 Å². The second kappa shape index (κ2) is 3.58. The van der Waals surface area contributed by atoms with Gasteiger partial charge in [0.15, 0.2) is 0 Å². The van der Waals surface area contributed by atoms with Crippen LogP contribution in [0.15, 0.2) is 11.8 Å². The van der Waals surface area contributed by atoms with Crippen molar-refractivity contribution in [3.8, 4) is 6.07 Å². The summed E-state index contributed by atoms with van der Waals surface area (Å²) in [5.74, 6) is -0.393. The lowest BCUT2D eigenvalue weighted by atomic mass is 9.75. The van der Waals surface area contributed by atoms with E-state index < -0.39 is 11.5 Å². The van der Waals surface area contributed by atoms with Crippen LogP contribution in [-0.4, -0.2) is 18.6 Å². The molecule has 1 unspecified atom stereocenters. The molecule has 4 heteroatoms. The molecule has 0 bridgehead atoms. The Labute approximate surface area is 89.9 Å². The average Bonchev–Trinajstić information content (AvgIpc) is 2.37. The summed E-state index contributed by atoms with van der Waals surface area (Å²) in [4.78, 5) is 11.1. The van der Waals surface area contributed by atoms with Crippen molar-refractivity contribution < 1.29 is 9.53 Å². The van der Waals surface area contributed by atoms with Gasteiger partial charge in [0.05, 0.1) is 13.2 Å². The van der Waals surface area contributed by atoms with E-state index in [0.717, 1.165) is 5.70 Å². The molecule has 82 valence electrons. The Hall–Kier alpha value is -1.50. The zero-order valence-corrected chi connectivity index (χ0v) is 9.55. The molecule has 1 aliphatic rings. The fourth-order valence-corrected chi connectivity index (χ4v) is 1.65. The van der Waals surface area contributed by atoms with Gasteiger partial charge in [0.25, 0.3) is 0 Å². The minimum absolute atomic E-state index is 0.193. The first-order chi connectivity index (χ1) is 6.84. The number of ether oxygens (including phenoxy) is 1. The number of methoxy groups -OCH3 is 1. The number of hydrogen-bond donors (Lipinski definition) is 1. The first-order valence-corrected chi connectivity index (χ1v) is 4.82. The Kier molecular flexibility index (Phi) is 2.76. The van der Waals surface area contributed by atoms with Crippen molar-refractivity contribution in [1.29, 1.82) is 5.26 Å². The van der Waals surface area contributed by atoms with E-state index in [1.165, 1.54) is 13.2 Å². The lowest BCUT2D eigenvalue weighted by molar-refractivity contribution is -0.134. The summed E-state index contributed by atoms with van der Waals surface area (Å²) in [5, 5.41) is 12.2. The monoisotopic (exact) mass is 208 g/mol. The minimum atomic E-state index is -0.632. The van der Waals surface area contributed by atoms with Crippen LogP contribution in [0.3, 0.4) is 0 Å². The Bertz CT molecular complexity index is 352. The Morgan fingerprint density at radius 3 is 2.60 bits per heavy atom. The lowest BCUT2D eigenvalue weighted by Gasteiger charge is -2.30. The predicted molar refractivity (Wildman–Crippen MR) is 55.7 cm³/mol. The van der Waals surface area contributed by atoms with Crippen LogP contribution >= 0.6 is 0 Å². The third-order valence-corrected chi connectivity index (χ3v) is 3.11. The minimum Gasteiger partial charge on any atom is -0.466 e. The summed E-state index contributed by atoms with van der Waals surface area (Å²) < 4.78 is 4.54. The second-order valence-electron chi connectivity index (χ2n) is 4.62. The van der Waals surface area contributed by atoms with E-state index in [-0.39, 0.29) is 5.41 Å². The van der Waals surface area contributed by atoms with E-state index in [4.69, 9.17) is 5.26 Å². The highest BCUT2D eigenvalue weighted by molar-refractivity contribution is 5.82. The maximum absolute atomic E-state index is 11.1. The molecule has 0 aromatic heterocycles. The lowest BCUT2D eigenvalue weighted by Crippen LogP contribution is -2.44. The van der Waals surface area contributed by atoms with Crippen molar-refractivity contribution in [2.75, 3.05) is 7.11 Å². The zero-order chi connectivity index (χ0) is 11.7. The van der Waals surface area contributed by atoms with Gasteiger partial charge in [-0.1, -0.05) is 13.8 Å². The number of carbonyl (C=O) groups excluding carboxylic acids is 1. The number of allylic oxidation sites excluding steroid dienone is 1. The first kappa shape index (κ1) is 11.6. The summed E-state index contributed by atoms with van der Waals surface area (Å²) in [7, 11) is 1.34. The summed E-state index contributed by atoms with van der Waals surface area (Å²) in [5.41, 5.74) is -0.0648. The number of rotatable bonds is 1. The number of nitrogens with zero attached hydrogens (tertiary/aromatic N) is 1. The summed E-state index contributed by atoms with van der Waals surface area (Å²) in [6, 6.07) is 2.25. The fourth-order valence-electron chi connectivity index (χ4n) is 1.65. The number of esters is 1. The summed E-state index contributed by atoms with van der Waals surface area (Å²) in [6.45, 7) is 5.84. The SMILES string of the molecule is COC(=O)/C=C1\CC(C)(C)C(C)(C#N)N1. The van der Waals surface area contributed by atoms with Crippen LogP contribution in [0.4, 0.5) is 0 Å². The van der Waals surface area contributed by atoms with Crippen molar-refractivity contribution in [3.05, 3.63) is 11.8 Å². The van der Waals surface area contributed by atoms with Gasteiger partial charge < -0.3 is 10.1 Å². The highest BCUT2D eigenvalue weighted by Gasteiger charge is 2.47. The standard InChI is InChI=1S/C11H16N2O2/c1-10(2)6-8(5-9(14)15-4)13-11(10,3)7-12/h5,13H,6H2,1-4H3/b8-5+. The summed E-state index contributed by atoms with van der Waals surface area (Å²) >= 11 is 0. The van der Waals surface area contributed by atoms with E-state index in [1.54, 1.807) is 0 Å². The van der Waals surface area contributed by atoms with Gasteiger partial charge in [-0.2, -0.15) is 5.26 Å². The molecule has 1 aliphatic heterocycles. The molecule has 0 spiro atoms. The number of hydrogen-bond acceptors (Lipinski definition) is 4. The Morgan fingerprint density at radius 1 is 1.60 bits per heavy atom. The smallest absolute Gasteiger partial charge is 0.332 e. The van der Waals surface area contributed by atoms with Crippen LogP contribution in [0.1, 0.15) is 27.2 Å².